The Hall–Kier alpha value is -4.57. The summed E-state index contributed by atoms with van der Waals surface area (Å²) in [4.78, 5) is 32.0. The van der Waals surface area contributed by atoms with Crippen LogP contribution in [0, 0.1) is 0 Å². The van der Waals surface area contributed by atoms with Gasteiger partial charge in [0.05, 0.1) is 11.0 Å². The molecule has 33 heavy (non-hydrogen) atoms. The number of hydrogen-bond donors (Lipinski definition) is 0. The molecule has 0 unspecified atom stereocenters. The molecule has 7 aromatic rings. The topological polar surface area (TPSA) is 51.4 Å². The van der Waals surface area contributed by atoms with Gasteiger partial charge < -0.3 is 0 Å². The molecule has 0 aliphatic rings. The van der Waals surface area contributed by atoms with Gasteiger partial charge in [-0.25, -0.2) is 4.98 Å². The lowest BCUT2D eigenvalue weighted by atomic mass is 9.93. The van der Waals surface area contributed by atoms with Gasteiger partial charge in [0.15, 0.2) is 5.78 Å². The first-order chi connectivity index (χ1) is 16.2. The van der Waals surface area contributed by atoms with Crippen LogP contribution in [0.2, 0.25) is 0 Å². The molecule has 0 saturated heterocycles. The van der Waals surface area contributed by atoms with Crippen molar-refractivity contribution < 1.29 is 4.79 Å². The zero-order valence-electron chi connectivity index (χ0n) is 17.4. The number of hydrogen-bond acceptors (Lipinski definition) is 3. The van der Waals surface area contributed by atoms with E-state index in [0.717, 1.165) is 38.0 Å². The molecule has 5 aromatic carbocycles. The molecule has 0 aliphatic carbocycles. The number of rotatable bonds is 2. The quantitative estimate of drug-likeness (QED) is 0.195. The first kappa shape index (κ1) is 18.0. The van der Waals surface area contributed by atoms with Crippen LogP contribution < -0.4 is 5.56 Å². The summed E-state index contributed by atoms with van der Waals surface area (Å²) < 4.78 is 1.71. The molecular formula is C29H16N2O2. The molecule has 7 rings (SSSR count). The van der Waals surface area contributed by atoms with E-state index < -0.39 is 0 Å². The Labute approximate surface area is 187 Å². The summed E-state index contributed by atoms with van der Waals surface area (Å²) >= 11 is 0. The number of pyridine rings is 1. The average molecular weight is 424 g/mol. The third-order valence-corrected chi connectivity index (χ3v) is 6.54. The van der Waals surface area contributed by atoms with Crippen LogP contribution >= 0.6 is 0 Å². The molecule has 0 radical (unpaired) electrons. The van der Waals surface area contributed by atoms with Gasteiger partial charge in [-0.2, -0.15) is 0 Å². The normalized spacial score (nSPS) is 11.9. The van der Waals surface area contributed by atoms with E-state index >= 15 is 0 Å². The van der Waals surface area contributed by atoms with Gasteiger partial charge in [0, 0.05) is 32.7 Å². The van der Waals surface area contributed by atoms with Gasteiger partial charge in [-0.05, 0) is 41.1 Å². The second-order valence-electron chi connectivity index (χ2n) is 8.31. The Bertz CT molecular complexity index is 1950. The first-order valence-corrected chi connectivity index (χ1v) is 10.8. The summed E-state index contributed by atoms with van der Waals surface area (Å²) in [7, 11) is 0. The van der Waals surface area contributed by atoms with E-state index in [1.165, 1.54) is 0 Å². The molecule has 4 nitrogen and oxygen atoms in total. The highest BCUT2D eigenvalue weighted by Crippen LogP contribution is 2.33. The van der Waals surface area contributed by atoms with Gasteiger partial charge in [-0.3, -0.25) is 14.0 Å². The Morgan fingerprint density at radius 2 is 1.42 bits per heavy atom. The second kappa shape index (κ2) is 6.47. The fourth-order valence-corrected chi connectivity index (χ4v) is 5.08. The Balaban J connectivity index is 1.68. The summed E-state index contributed by atoms with van der Waals surface area (Å²) in [6.07, 6.45) is 0. The van der Waals surface area contributed by atoms with Crippen LogP contribution in [0.1, 0.15) is 15.9 Å². The number of ketones is 1. The minimum Gasteiger partial charge on any atom is -0.289 e. The maximum absolute atomic E-state index is 13.8. The van der Waals surface area contributed by atoms with E-state index in [4.69, 9.17) is 4.98 Å². The zero-order valence-corrected chi connectivity index (χ0v) is 17.4. The van der Waals surface area contributed by atoms with Crippen molar-refractivity contribution in [3.05, 3.63) is 119 Å². The predicted octanol–water partition coefficient (Wildman–Crippen LogP) is 5.98. The van der Waals surface area contributed by atoms with Crippen molar-refractivity contribution in [2.45, 2.75) is 0 Å². The van der Waals surface area contributed by atoms with Gasteiger partial charge >= 0.3 is 0 Å². The maximum atomic E-state index is 13.8. The van der Waals surface area contributed by atoms with Gasteiger partial charge in [-0.15, -0.1) is 0 Å². The van der Waals surface area contributed by atoms with Crippen LogP contribution in [0.25, 0.3) is 49.0 Å². The van der Waals surface area contributed by atoms with E-state index in [2.05, 4.69) is 0 Å². The number of carbonyl (C=O) groups excluding carboxylic acids is 1. The number of aromatic nitrogens is 2. The Kier molecular flexibility index (Phi) is 3.54. The summed E-state index contributed by atoms with van der Waals surface area (Å²) in [6, 6.07) is 30.6. The molecule has 2 aromatic heterocycles. The van der Waals surface area contributed by atoms with Crippen LogP contribution in [0.3, 0.4) is 0 Å². The highest BCUT2D eigenvalue weighted by atomic mass is 16.1. The standard InChI is InChI=1S/C29H16N2O2/c32-27(18-7-2-1-3-8-18)20-15-16-21-26-19(20)11-6-12-22(26)29(33)31-24-14-5-10-17-9-4-13-23(25(17)24)30-28(21)31/h1-16H. The smallest absolute Gasteiger partial charge is 0.264 e. The zero-order chi connectivity index (χ0) is 22.1. The van der Waals surface area contributed by atoms with Crippen molar-refractivity contribution >= 4 is 54.8 Å². The van der Waals surface area contributed by atoms with Gasteiger partial charge in [0.2, 0.25) is 0 Å². The van der Waals surface area contributed by atoms with E-state index in [9.17, 15) is 9.59 Å². The number of carbonyl (C=O) groups is 1. The molecule has 0 atom stereocenters. The van der Waals surface area contributed by atoms with Crippen molar-refractivity contribution in [1.82, 2.24) is 9.38 Å². The highest BCUT2D eigenvalue weighted by Gasteiger charge is 2.20. The van der Waals surface area contributed by atoms with E-state index in [1.807, 2.05) is 97.1 Å². The molecule has 0 fully saturated rings. The third kappa shape index (κ3) is 2.37. The van der Waals surface area contributed by atoms with Crippen LogP contribution in [-0.4, -0.2) is 15.2 Å². The van der Waals surface area contributed by atoms with E-state index in [-0.39, 0.29) is 11.3 Å². The minimum atomic E-state index is -0.127. The van der Waals surface area contributed by atoms with Gasteiger partial charge in [0.1, 0.15) is 5.65 Å². The first-order valence-electron chi connectivity index (χ1n) is 10.8. The molecule has 0 spiro atoms. The van der Waals surface area contributed by atoms with Gasteiger partial charge in [-0.1, -0.05) is 66.7 Å². The summed E-state index contributed by atoms with van der Waals surface area (Å²) in [5, 5.41) is 5.02. The maximum Gasteiger partial charge on any atom is 0.264 e. The minimum absolute atomic E-state index is 0.0603. The lowest BCUT2D eigenvalue weighted by Gasteiger charge is -2.15. The molecular weight excluding hydrogens is 408 g/mol. The van der Waals surface area contributed by atoms with Crippen molar-refractivity contribution in [1.29, 1.82) is 0 Å². The lowest BCUT2D eigenvalue weighted by Crippen LogP contribution is -2.17. The molecule has 0 aliphatic heterocycles. The van der Waals surface area contributed by atoms with E-state index in [1.54, 1.807) is 4.40 Å². The Morgan fingerprint density at radius 3 is 2.27 bits per heavy atom. The molecule has 0 bridgehead atoms. The van der Waals surface area contributed by atoms with Crippen molar-refractivity contribution in [2.75, 3.05) is 0 Å². The summed E-state index contributed by atoms with van der Waals surface area (Å²) in [5.74, 6) is -0.0603. The lowest BCUT2D eigenvalue weighted by molar-refractivity contribution is 0.104. The summed E-state index contributed by atoms with van der Waals surface area (Å²) in [5.41, 5.74) is 3.37. The van der Waals surface area contributed by atoms with Crippen molar-refractivity contribution in [2.24, 2.45) is 0 Å². The number of fused-ring (bicyclic) bond motifs is 3. The third-order valence-electron chi connectivity index (χ3n) is 6.54. The molecule has 2 heterocycles. The van der Waals surface area contributed by atoms with Crippen LogP contribution in [0.15, 0.2) is 102 Å². The van der Waals surface area contributed by atoms with E-state index in [0.29, 0.717) is 22.2 Å². The van der Waals surface area contributed by atoms with Crippen LogP contribution in [0.4, 0.5) is 0 Å². The number of benzene rings is 5. The largest absolute Gasteiger partial charge is 0.289 e. The molecule has 0 N–H and O–H groups in total. The molecule has 0 amide bonds. The molecule has 0 saturated carbocycles. The predicted molar refractivity (Wildman–Crippen MR) is 133 cm³/mol. The second-order valence-corrected chi connectivity index (χ2v) is 8.31. The Morgan fingerprint density at radius 1 is 0.667 bits per heavy atom. The molecule has 154 valence electrons. The fraction of sp³-hybridized carbons (Fsp3) is 0. The highest BCUT2D eigenvalue weighted by molar-refractivity contribution is 6.24. The average Bonchev–Trinajstić information content (AvgIpc) is 2.87. The molecule has 4 heteroatoms. The van der Waals surface area contributed by atoms with Crippen molar-refractivity contribution in [3.8, 4) is 0 Å². The number of nitrogens with zero attached hydrogens (tertiary/aromatic N) is 2. The van der Waals surface area contributed by atoms with Crippen LogP contribution in [-0.2, 0) is 0 Å². The summed E-state index contributed by atoms with van der Waals surface area (Å²) in [6.45, 7) is 0. The SMILES string of the molecule is O=C(c1ccccc1)c1ccc2c3c1cccc3c(=O)n1c3cccc4cccc(nc21)c43. The van der Waals surface area contributed by atoms with Gasteiger partial charge in [0.25, 0.3) is 5.56 Å². The fourth-order valence-electron chi connectivity index (χ4n) is 5.08. The monoisotopic (exact) mass is 424 g/mol. The van der Waals surface area contributed by atoms with Crippen LogP contribution in [0.5, 0.6) is 0 Å². The van der Waals surface area contributed by atoms with Crippen molar-refractivity contribution in [3.63, 3.8) is 0 Å².